The van der Waals surface area contributed by atoms with E-state index in [9.17, 15) is 14.4 Å². The van der Waals surface area contributed by atoms with Crippen molar-refractivity contribution in [3.05, 3.63) is 52.0 Å². The van der Waals surface area contributed by atoms with Crippen molar-refractivity contribution in [1.82, 2.24) is 20.5 Å². The second kappa shape index (κ2) is 7.22. The number of hydrogen-bond acceptors (Lipinski definition) is 5. The minimum atomic E-state index is -0.533. The number of hydrogen-bond donors (Lipinski definition) is 2. The van der Waals surface area contributed by atoms with E-state index >= 15 is 0 Å². The highest BCUT2D eigenvalue weighted by molar-refractivity contribution is 7.09. The van der Waals surface area contributed by atoms with Crippen molar-refractivity contribution in [2.24, 2.45) is 0 Å². The number of aromatic nitrogens is 1. The fraction of sp³-hybridized carbons (Fsp3) is 0.250. The zero-order valence-electron chi connectivity index (χ0n) is 12.8. The molecule has 0 radical (unpaired) electrons. The van der Waals surface area contributed by atoms with Gasteiger partial charge in [0.25, 0.3) is 5.91 Å². The van der Waals surface area contributed by atoms with E-state index < -0.39 is 17.8 Å². The normalized spacial score (nSPS) is 13.9. The summed E-state index contributed by atoms with van der Waals surface area (Å²) in [4.78, 5) is 40.0. The zero-order valence-corrected chi connectivity index (χ0v) is 13.6. The predicted molar refractivity (Wildman–Crippen MR) is 88.3 cm³/mol. The molecule has 1 aliphatic heterocycles. The van der Waals surface area contributed by atoms with E-state index in [-0.39, 0.29) is 19.6 Å². The van der Waals surface area contributed by atoms with Crippen LogP contribution in [0.25, 0.3) is 0 Å². The third-order valence-electron chi connectivity index (χ3n) is 3.50. The molecule has 0 unspecified atom stereocenters. The van der Waals surface area contributed by atoms with E-state index in [4.69, 9.17) is 0 Å². The first-order valence-corrected chi connectivity index (χ1v) is 8.32. The molecule has 1 aromatic heterocycles. The molecule has 1 aliphatic rings. The third-order valence-corrected chi connectivity index (χ3v) is 4.40. The smallest absolute Gasteiger partial charge is 0.325 e. The second-order valence-corrected chi connectivity index (χ2v) is 6.25. The highest BCUT2D eigenvalue weighted by Gasteiger charge is 2.29. The van der Waals surface area contributed by atoms with Crippen molar-refractivity contribution in [3.8, 4) is 0 Å². The van der Waals surface area contributed by atoms with E-state index in [0.717, 1.165) is 22.0 Å². The first-order valence-electron chi connectivity index (χ1n) is 7.44. The summed E-state index contributed by atoms with van der Waals surface area (Å²) >= 11 is 1.54. The van der Waals surface area contributed by atoms with Gasteiger partial charge in [0.05, 0.1) is 23.8 Å². The summed E-state index contributed by atoms with van der Waals surface area (Å²) in [7, 11) is 0. The molecule has 1 aromatic carbocycles. The van der Waals surface area contributed by atoms with Crippen molar-refractivity contribution < 1.29 is 14.4 Å². The lowest BCUT2D eigenvalue weighted by Crippen LogP contribution is -2.40. The first-order chi connectivity index (χ1) is 11.6. The van der Waals surface area contributed by atoms with Crippen LogP contribution in [0.4, 0.5) is 4.79 Å². The Morgan fingerprint density at radius 2 is 2.08 bits per heavy atom. The number of carbonyl (C=O) groups excluding carboxylic acids is 3. The number of rotatable bonds is 6. The maximum Gasteiger partial charge on any atom is 0.325 e. The third kappa shape index (κ3) is 3.96. The number of urea groups is 1. The summed E-state index contributed by atoms with van der Waals surface area (Å²) in [5.74, 6) is -0.785. The number of benzene rings is 1. The van der Waals surface area contributed by atoms with Gasteiger partial charge in [0, 0.05) is 11.8 Å². The standard InChI is InChI=1S/C16H16N4O3S/c21-13(9-20-15(22)8-18-16(20)23)17-7-12-10-24-14(19-12)6-11-4-2-1-3-5-11/h1-5,10H,6-9H2,(H,17,21)(H,18,23). The van der Waals surface area contributed by atoms with Crippen LogP contribution in [0.3, 0.4) is 0 Å². The lowest BCUT2D eigenvalue weighted by atomic mass is 10.2. The SMILES string of the molecule is O=C(CN1C(=O)CNC1=O)NCc1csc(Cc2ccccc2)n1. The van der Waals surface area contributed by atoms with Gasteiger partial charge in [0.1, 0.15) is 6.54 Å². The van der Waals surface area contributed by atoms with Crippen LogP contribution in [-0.4, -0.2) is 40.8 Å². The second-order valence-electron chi connectivity index (χ2n) is 5.31. The predicted octanol–water partition coefficient (Wildman–Crippen LogP) is 0.902. The summed E-state index contributed by atoms with van der Waals surface area (Å²) in [6.07, 6.45) is 0.752. The number of amides is 4. The molecule has 2 N–H and O–H groups in total. The molecule has 2 aromatic rings. The average Bonchev–Trinajstić information content (AvgIpc) is 3.15. The van der Waals surface area contributed by atoms with Gasteiger partial charge in [-0.1, -0.05) is 30.3 Å². The Morgan fingerprint density at radius 1 is 1.29 bits per heavy atom. The maximum atomic E-state index is 11.9. The van der Waals surface area contributed by atoms with Gasteiger partial charge in [-0.15, -0.1) is 11.3 Å². The molecule has 124 valence electrons. The molecule has 1 fully saturated rings. The number of nitrogens with one attached hydrogen (secondary N) is 2. The molecule has 4 amide bonds. The molecule has 0 aliphatic carbocycles. The molecule has 1 saturated heterocycles. The van der Waals surface area contributed by atoms with Crippen LogP contribution in [0.15, 0.2) is 35.7 Å². The van der Waals surface area contributed by atoms with E-state index in [1.165, 1.54) is 16.9 Å². The van der Waals surface area contributed by atoms with Crippen LogP contribution >= 0.6 is 11.3 Å². The van der Waals surface area contributed by atoms with Gasteiger partial charge in [-0.25, -0.2) is 9.78 Å². The lowest BCUT2D eigenvalue weighted by Gasteiger charge is -2.11. The van der Waals surface area contributed by atoms with E-state index in [2.05, 4.69) is 15.6 Å². The Balaban J connectivity index is 1.49. The summed E-state index contributed by atoms with van der Waals surface area (Å²) in [5, 5.41) is 7.91. The monoisotopic (exact) mass is 344 g/mol. The van der Waals surface area contributed by atoms with Gasteiger partial charge in [-0.3, -0.25) is 14.5 Å². The molecule has 24 heavy (non-hydrogen) atoms. The topological polar surface area (TPSA) is 91.4 Å². The Bertz CT molecular complexity index is 744. The Labute approximate surface area is 142 Å². The number of nitrogens with zero attached hydrogens (tertiary/aromatic N) is 2. The number of imide groups is 1. The maximum absolute atomic E-state index is 11.9. The minimum Gasteiger partial charge on any atom is -0.349 e. The molecular weight excluding hydrogens is 328 g/mol. The van der Waals surface area contributed by atoms with Crippen molar-refractivity contribution >= 4 is 29.2 Å². The van der Waals surface area contributed by atoms with E-state index in [1.807, 2.05) is 35.7 Å². The van der Waals surface area contributed by atoms with Gasteiger partial charge in [-0.05, 0) is 5.56 Å². The summed E-state index contributed by atoms with van der Waals surface area (Å²) in [6, 6.07) is 9.49. The molecule has 2 heterocycles. The average molecular weight is 344 g/mol. The molecule has 0 saturated carbocycles. The van der Waals surface area contributed by atoms with Crippen LogP contribution in [0.5, 0.6) is 0 Å². The van der Waals surface area contributed by atoms with Crippen molar-refractivity contribution in [2.45, 2.75) is 13.0 Å². The Kier molecular flexibility index (Phi) is 4.85. The first kappa shape index (κ1) is 16.1. The molecule has 8 heteroatoms. The lowest BCUT2D eigenvalue weighted by molar-refractivity contribution is -0.130. The number of thiazole rings is 1. The van der Waals surface area contributed by atoms with Gasteiger partial charge in [0.15, 0.2) is 0 Å². The zero-order chi connectivity index (χ0) is 16.9. The van der Waals surface area contributed by atoms with Crippen LogP contribution in [0.2, 0.25) is 0 Å². The van der Waals surface area contributed by atoms with Crippen molar-refractivity contribution in [1.29, 1.82) is 0 Å². The van der Waals surface area contributed by atoms with Gasteiger partial charge in [-0.2, -0.15) is 0 Å². The molecule has 0 bridgehead atoms. The van der Waals surface area contributed by atoms with Gasteiger partial charge < -0.3 is 10.6 Å². The fourth-order valence-corrected chi connectivity index (χ4v) is 3.11. The minimum absolute atomic E-state index is 0.0545. The fourth-order valence-electron chi connectivity index (χ4n) is 2.29. The van der Waals surface area contributed by atoms with Gasteiger partial charge >= 0.3 is 6.03 Å². The van der Waals surface area contributed by atoms with E-state index in [0.29, 0.717) is 0 Å². The van der Waals surface area contributed by atoms with Crippen LogP contribution in [0.1, 0.15) is 16.3 Å². The highest BCUT2D eigenvalue weighted by Crippen LogP contribution is 2.14. The van der Waals surface area contributed by atoms with Crippen LogP contribution < -0.4 is 10.6 Å². The molecule has 0 spiro atoms. The highest BCUT2D eigenvalue weighted by atomic mass is 32.1. The van der Waals surface area contributed by atoms with Crippen molar-refractivity contribution in [2.75, 3.05) is 13.1 Å². The van der Waals surface area contributed by atoms with Crippen LogP contribution in [0, 0.1) is 0 Å². The van der Waals surface area contributed by atoms with Gasteiger partial charge in [0.2, 0.25) is 5.91 Å². The van der Waals surface area contributed by atoms with Crippen LogP contribution in [-0.2, 0) is 22.6 Å². The quantitative estimate of drug-likeness (QED) is 0.762. The molecular formula is C16H16N4O3S. The summed E-state index contributed by atoms with van der Waals surface area (Å²) in [5.41, 5.74) is 1.94. The molecule has 3 rings (SSSR count). The van der Waals surface area contributed by atoms with Crippen molar-refractivity contribution in [3.63, 3.8) is 0 Å². The van der Waals surface area contributed by atoms with E-state index in [1.54, 1.807) is 0 Å². The Morgan fingerprint density at radius 3 is 2.79 bits per heavy atom. The molecule has 7 nitrogen and oxygen atoms in total. The molecule has 0 atom stereocenters. The number of carbonyl (C=O) groups is 3. The summed E-state index contributed by atoms with van der Waals surface area (Å²) in [6.45, 7) is -0.0551. The summed E-state index contributed by atoms with van der Waals surface area (Å²) < 4.78 is 0. The largest absolute Gasteiger partial charge is 0.349 e. The Hall–Kier alpha value is -2.74.